The van der Waals surface area contributed by atoms with Crippen LogP contribution in [0.2, 0.25) is 0 Å². The van der Waals surface area contributed by atoms with Crippen LogP contribution < -0.4 is 0 Å². The van der Waals surface area contributed by atoms with Gasteiger partial charge in [-0.05, 0) is 30.3 Å². The van der Waals surface area contributed by atoms with Gasteiger partial charge in [-0.3, -0.25) is 0 Å². The maximum Gasteiger partial charge on any atom is 0.132 e. The number of hydrogen-bond acceptors (Lipinski definition) is 2. The van der Waals surface area contributed by atoms with Gasteiger partial charge in [0.15, 0.2) is 0 Å². The Hall–Kier alpha value is -2.72. The first-order chi connectivity index (χ1) is 8.65. The Balaban J connectivity index is 2.63. The summed E-state index contributed by atoms with van der Waals surface area (Å²) >= 11 is 0. The highest BCUT2D eigenvalue weighted by Crippen LogP contribution is 2.27. The normalized spacial score (nSPS) is 9.56. The molecule has 0 aromatic heterocycles. The fourth-order valence-corrected chi connectivity index (χ4v) is 1.60. The van der Waals surface area contributed by atoms with Crippen LogP contribution in [-0.2, 0) is 0 Å². The lowest BCUT2D eigenvalue weighted by molar-refractivity contribution is 0.616. The quantitative estimate of drug-likeness (QED) is 0.767. The fourth-order valence-electron chi connectivity index (χ4n) is 1.60. The molecule has 0 aliphatic rings. The molecule has 0 amide bonds. The van der Waals surface area contributed by atoms with Crippen LogP contribution in [0.3, 0.4) is 0 Å². The van der Waals surface area contributed by atoms with Gasteiger partial charge in [-0.15, -0.1) is 0 Å². The third-order valence-electron chi connectivity index (χ3n) is 2.48. The van der Waals surface area contributed by atoms with Gasteiger partial charge in [-0.2, -0.15) is 10.5 Å². The minimum absolute atomic E-state index is 0.0102. The molecule has 0 atom stereocenters. The third-order valence-corrected chi connectivity index (χ3v) is 2.48. The van der Waals surface area contributed by atoms with Gasteiger partial charge in [0.05, 0.1) is 23.3 Å². The van der Waals surface area contributed by atoms with Crippen molar-refractivity contribution in [1.82, 2.24) is 0 Å². The highest BCUT2D eigenvalue weighted by molar-refractivity contribution is 5.67. The van der Waals surface area contributed by atoms with Gasteiger partial charge in [-0.25, -0.2) is 8.78 Å². The van der Waals surface area contributed by atoms with Crippen molar-refractivity contribution in [3.05, 3.63) is 59.2 Å². The molecule has 0 bridgehead atoms. The molecule has 0 saturated carbocycles. The van der Waals surface area contributed by atoms with Crippen LogP contribution in [0.25, 0.3) is 11.1 Å². The topological polar surface area (TPSA) is 47.6 Å². The van der Waals surface area contributed by atoms with Crippen molar-refractivity contribution >= 4 is 0 Å². The molecule has 18 heavy (non-hydrogen) atoms. The van der Waals surface area contributed by atoms with E-state index < -0.39 is 11.6 Å². The van der Waals surface area contributed by atoms with E-state index in [1.54, 1.807) is 6.07 Å². The Kier molecular flexibility index (Phi) is 3.03. The van der Waals surface area contributed by atoms with Crippen LogP contribution in [0.1, 0.15) is 11.1 Å². The molecular weight excluding hydrogens is 234 g/mol. The average molecular weight is 240 g/mol. The molecule has 0 fully saturated rings. The zero-order chi connectivity index (χ0) is 13.1. The van der Waals surface area contributed by atoms with E-state index in [9.17, 15) is 8.78 Å². The van der Waals surface area contributed by atoms with E-state index in [0.717, 1.165) is 12.1 Å². The van der Waals surface area contributed by atoms with Crippen LogP contribution in [0.5, 0.6) is 0 Å². The van der Waals surface area contributed by atoms with Crippen molar-refractivity contribution in [1.29, 1.82) is 10.5 Å². The van der Waals surface area contributed by atoms with Gasteiger partial charge < -0.3 is 0 Å². The largest absolute Gasteiger partial charge is 0.206 e. The zero-order valence-electron chi connectivity index (χ0n) is 9.11. The van der Waals surface area contributed by atoms with Crippen LogP contribution in [0, 0.1) is 34.3 Å². The SMILES string of the molecule is N#Cc1ccc(-c2cc(C#N)ccc2F)c(F)c1. The van der Waals surface area contributed by atoms with Crippen molar-refractivity contribution in [2.24, 2.45) is 0 Å². The molecular formula is C14H6F2N2. The summed E-state index contributed by atoms with van der Waals surface area (Å²) in [5.41, 5.74) is 0.447. The van der Waals surface area contributed by atoms with Crippen LogP contribution in [0.15, 0.2) is 36.4 Å². The Bertz CT molecular complexity index is 694. The Morgan fingerprint density at radius 3 is 1.94 bits per heavy atom. The van der Waals surface area contributed by atoms with Gasteiger partial charge in [0.2, 0.25) is 0 Å². The second kappa shape index (κ2) is 4.65. The molecule has 86 valence electrons. The van der Waals surface area contributed by atoms with Crippen molar-refractivity contribution in [2.45, 2.75) is 0 Å². The molecule has 0 unspecified atom stereocenters. The molecule has 0 saturated heterocycles. The summed E-state index contributed by atoms with van der Waals surface area (Å²) in [6, 6.07) is 11.1. The minimum atomic E-state index is -0.692. The zero-order valence-corrected chi connectivity index (χ0v) is 9.11. The molecule has 0 heterocycles. The molecule has 0 radical (unpaired) electrons. The number of halogens is 2. The highest BCUT2D eigenvalue weighted by Gasteiger charge is 2.11. The van der Waals surface area contributed by atoms with Crippen LogP contribution in [-0.4, -0.2) is 0 Å². The third kappa shape index (κ3) is 2.05. The Labute approximate surface area is 102 Å². The molecule has 2 aromatic carbocycles. The van der Waals surface area contributed by atoms with E-state index in [2.05, 4.69) is 0 Å². The summed E-state index contributed by atoms with van der Waals surface area (Å²) in [4.78, 5) is 0. The summed E-state index contributed by atoms with van der Waals surface area (Å²) in [6.07, 6.45) is 0. The van der Waals surface area contributed by atoms with Crippen molar-refractivity contribution in [2.75, 3.05) is 0 Å². The maximum absolute atomic E-state index is 13.7. The first-order valence-corrected chi connectivity index (χ1v) is 5.05. The van der Waals surface area contributed by atoms with E-state index in [0.29, 0.717) is 0 Å². The molecule has 2 rings (SSSR count). The minimum Gasteiger partial charge on any atom is -0.206 e. The van der Waals surface area contributed by atoms with Gasteiger partial charge in [-0.1, -0.05) is 6.07 Å². The number of nitrogens with zero attached hydrogens (tertiary/aromatic N) is 2. The summed E-state index contributed by atoms with van der Waals surface area (Å²) < 4.78 is 27.4. The van der Waals surface area contributed by atoms with Crippen LogP contribution in [0.4, 0.5) is 8.78 Å². The molecule has 0 N–H and O–H groups in total. The predicted molar refractivity (Wildman–Crippen MR) is 61.2 cm³/mol. The molecule has 0 spiro atoms. The van der Waals surface area contributed by atoms with Gasteiger partial charge >= 0.3 is 0 Å². The number of benzene rings is 2. The summed E-state index contributed by atoms with van der Waals surface area (Å²) in [5, 5.41) is 17.4. The number of nitriles is 2. The van der Waals surface area contributed by atoms with Crippen molar-refractivity contribution < 1.29 is 8.78 Å². The molecule has 2 nitrogen and oxygen atoms in total. The monoisotopic (exact) mass is 240 g/mol. The highest BCUT2D eigenvalue weighted by atomic mass is 19.1. The Morgan fingerprint density at radius 2 is 1.33 bits per heavy atom. The van der Waals surface area contributed by atoms with Gasteiger partial charge in [0, 0.05) is 11.1 Å². The standard InChI is InChI=1S/C14H6F2N2/c15-13-4-2-9(7-17)5-12(13)11-3-1-10(8-18)6-14(11)16/h1-6H. The first-order valence-electron chi connectivity index (χ1n) is 5.05. The lowest BCUT2D eigenvalue weighted by Crippen LogP contribution is -1.91. The second-order valence-electron chi connectivity index (χ2n) is 3.61. The molecule has 0 aliphatic heterocycles. The Morgan fingerprint density at radius 1 is 0.722 bits per heavy atom. The lowest BCUT2D eigenvalue weighted by atomic mass is 10.0. The number of hydrogen-bond donors (Lipinski definition) is 0. The fraction of sp³-hybridized carbons (Fsp3) is 0. The summed E-state index contributed by atoms with van der Waals surface area (Å²) in [7, 11) is 0. The van der Waals surface area contributed by atoms with Crippen LogP contribution >= 0.6 is 0 Å². The van der Waals surface area contributed by atoms with Crippen molar-refractivity contribution in [3.8, 4) is 23.3 Å². The van der Waals surface area contributed by atoms with Gasteiger partial charge in [0.25, 0.3) is 0 Å². The van der Waals surface area contributed by atoms with E-state index in [-0.39, 0.29) is 22.3 Å². The second-order valence-corrected chi connectivity index (χ2v) is 3.61. The molecule has 4 heteroatoms. The van der Waals surface area contributed by atoms with E-state index >= 15 is 0 Å². The number of rotatable bonds is 1. The van der Waals surface area contributed by atoms with E-state index in [4.69, 9.17) is 10.5 Å². The molecule has 0 aliphatic carbocycles. The van der Waals surface area contributed by atoms with E-state index in [1.807, 2.05) is 6.07 Å². The predicted octanol–water partition coefficient (Wildman–Crippen LogP) is 3.38. The molecule has 2 aromatic rings. The first kappa shape index (κ1) is 11.8. The summed E-state index contributed by atoms with van der Waals surface area (Å²) in [6.45, 7) is 0. The van der Waals surface area contributed by atoms with E-state index in [1.165, 1.54) is 24.3 Å². The smallest absolute Gasteiger partial charge is 0.132 e. The van der Waals surface area contributed by atoms with Gasteiger partial charge in [0.1, 0.15) is 11.6 Å². The lowest BCUT2D eigenvalue weighted by Gasteiger charge is -2.05. The van der Waals surface area contributed by atoms with Crippen molar-refractivity contribution in [3.63, 3.8) is 0 Å². The maximum atomic E-state index is 13.7. The summed E-state index contributed by atoms with van der Waals surface area (Å²) in [5.74, 6) is -1.30. The average Bonchev–Trinajstić information content (AvgIpc) is 2.39.